The zero-order valence-corrected chi connectivity index (χ0v) is 17.5. The third kappa shape index (κ3) is 9.29. The van der Waals surface area contributed by atoms with Gasteiger partial charge in [-0.15, -0.1) is 4.20 Å². The van der Waals surface area contributed by atoms with Crippen molar-refractivity contribution in [3.63, 3.8) is 0 Å². The number of aromatic amines is 1. The summed E-state index contributed by atoms with van der Waals surface area (Å²) in [5, 5.41) is 0. The Hall–Kier alpha value is 0.520. The Labute approximate surface area is 163 Å². The number of hydrogen-bond acceptors (Lipinski definition) is 3. The molecule has 1 heterocycles. The predicted molar refractivity (Wildman–Crippen MR) is 93.3 cm³/mol. The fourth-order valence-corrected chi connectivity index (χ4v) is 2.84. The van der Waals surface area contributed by atoms with Gasteiger partial charge in [-0.3, -0.25) is 0 Å². The summed E-state index contributed by atoms with van der Waals surface area (Å²) in [4.78, 5) is 7.76. The van der Waals surface area contributed by atoms with Crippen molar-refractivity contribution in [3.05, 3.63) is 17.2 Å². The first-order valence-corrected chi connectivity index (χ1v) is 8.73. The van der Waals surface area contributed by atoms with Crippen LogP contribution >= 0.6 is 12.2 Å². The van der Waals surface area contributed by atoms with E-state index >= 15 is 0 Å². The minimum Gasteiger partial charge on any atom is -0.426 e. The van der Waals surface area contributed by atoms with Gasteiger partial charge in [-0.1, -0.05) is 58.3 Å². The Morgan fingerprint density at radius 3 is 2.05 bits per heavy atom. The molecule has 1 N–H and O–H groups in total. The molecule has 0 unspecified atom stereocenters. The van der Waals surface area contributed by atoms with E-state index in [1.54, 1.807) is 0 Å². The molecular formula is C16H27N2NaS2. The fraction of sp³-hybridized carbons (Fsp3) is 0.750. The van der Waals surface area contributed by atoms with Crippen LogP contribution in [0.3, 0.4) is 0 Å². The van der Waals surface area contributed by atoms with Crippen LogP contribution in [-0.2, 0) is 19.0 Å². The van der Waals surface area contributed by atoms with Crippen LogP contribution in [-0.4, -0.2) is 14.2 Å². The molecule has 0 bridgehead atoms. The van der Waals surface area contributed by atoms with E-state index in [-0.39, 0.29) is 29.6 Å². The molecule has 0 saturated carbocycles. The zero-order valence-electron chi connectivity index (χ0n) is 13.8. The van der Waals surface area contributed by atoms with Crippen molar-refractivity contribution in [1.82, 2.24) is 9.97 Å². The molecule has 0 amide bonds. The average molecular weight is 335 g/mol. The number of hydrogen-bond donors (Lipinski definition) is 1. The van der Waals surface area contributed by atoms with Crippen molar-refractivity contribution >= 4 is 29.0 Å². The molecule has 0 fully saturated rings. The number of thiocarbonyl (C=S) groups is 1. The standard InChI is InChI=1S/C16H28N2S2.Na/c1-3-4-5-6-7-8-9-10-11-12-14-17-13(2)15(18-14)16(19)20;/h3-12H2,1-2H3,(H,17,18)(H,19,20);/q;+1/p-1. The molecule has 21 heavy (non-hydrogen) atoms. The number of aryl methyl sites for hydroxylation is 2. The van der Waals surface area contributed by atoms with Gasteiger partial charge in [0.1, 0.15) is 5.82 Å². The minimum atomic E-state index is 0. The number of unbranched alkanes of at least 4 members (excludes halogenated alkanes) is 8. The van der Waals surface area contributed by atoms with Gasteiger partial charge >= 0.3 is 29.6 Å². The number of H-pyrrole nitrogens is 1. The average Bonchev–Trinajstić information content (AvgIpc) is 2.78. The van der Waals surface area contributed by atoms with Crippen LogP contribution in [0.4, 0.5) is 0 Å². The molecule has 0 aromatic carbocycles. The second kappa shape index (κ2) is 13.0. The molecule has 1 aromatic heterocycles. The van der Waals surface area contributed by atoms with Crippen molar-refractivity contribution < 1.29 is 29.6 Å². The van der Waals surface area contributed by atoms with Crippen LogP contribution in [0.15, 0.2) is 0 Å². The SMILES string of the molecule is CCCCCCCCCCCc1nc(C(=S)[S-])c(C)[nH]1.[Na+]. The van der Waals surface area contributed by atoms with Gasteiger partial charge in [-0.25, -0.2) is 4.98 Å². The number of nitrogens with one attached hydrogen (secondary N) is 1. The van der Waals surface area contributed by atoms with Gasteiger partial charge < -0.3 is 29.8 Å². The van der Waals surface area contributed by atoms with Crippen LogP contribution in [0.2, 0.25) is 0 Å². The van der Waals surface area contributed by atoms with E-state index < -0.39 is 0 Å². The normalized spacial score (nSPS) is 10.4. The summed E-state index contributed by atoms with van der Waals surface area (Å²) in [6.07, 6.45) is 13.2. The summed E-state index contributed by atoms with van der Waals surface area (Å²) in [5.74, 6) is 1.03. The largest absolute Gasteiger partial charge is 1.00 e. The Balaban J connectivity index is 0.00000400. The summed E-state index contributed by atoms with van der Waals surface area (Å²) in [7, 11) is 0. The van der Waals surface area contributed by atoms with Crippen molar-refractivity contribution in [2.24, 2.45) is 0 Å². The molecule has 0 aliphatic rings. The minimum absolute atomic E-state index is 0. The second-order valence-corrected chi connectivity index (χ2v) is 6.60. The van der Waals surface area contributed by atoms with Gasteiger partial charge in [-0.2, -0.15) is 0 Å². The number of imidazole rings is 1. The molecule has 1 rings (SSSR count). The van der Waals surface area contributed by atoms with Crippen molar-refractivity contribution in [3.8, 4) is 0 Å². The van der Waals surface area contributed by atoms with E-state index in [9.17, 15) is 0 Å². The molecule has 0 atom stereocenters. The molecule has 0 saturated heterocycles. The third-order valence-corrected chi connectivity index (χ3v) is 4.03. The Morgan fingerprint density at radius 1 is 1.05 bits per heavy atom. The van der Waals surface area contributed by atoms with Crippen LogP contribution in [0.5, 0.6) is 0 Å². The van der Waals surface area contributed by atoms with Gasteiger partial charge in [-0.05, 0) is 13.3 Å². The van der Waals surface area contributed by atoms with Crippen molar-refractivity contribution in [1.29, 1.82) is 0 Å². The maximum absolute atomic E-state index is 5.01. The summed E-state index contributed by atoms with van der Waals surface area (Å²) in [5.41, 5.74) is 1.80. The van der Waals surface area contributed by atoms with Gasteiger partial charge in [0.15, 0.2) is 0 Å². The maximum Gasteiger partial charge on any atom is 1.00 e. The van der Waals surface area contributed by atoms with E-state index in [1.165, 1.54) is 57.8 Å². The molecule has 2 nitrogen and oxygen atoms in total. The van der Waals surface area contributed by atoms with Gasteiger partial charge in [0.25, 0.3) is 0 Å². The summed E-state index contributed by atoms with van der Waals surface area (Å²) in [6.45, 7) is 4.25. The van der Waals surface area contributed by atoms with E-state index in [0.29, 0.717) is 4.20 Å². The summed E-state index contributed by atoms with van der Waals surface area (Å²) >= 11 is 10.0. The summed E-state index contributed by atoms with van der Waals surface area (Å²) in [6, 6.07) is 0. The van der Waals surface area contributed by atoms with Crippen molar-refractivity contribution in [2.45, 2.75) is 78.1 Å². The molecule has 0 aliphatic carbocycles. The number of aromatic nitrogens is 2. The fourth-order valence-electron chi connectivity index (χ4n) is 2.44. The third-order valence-electron chi connectivity index (χ3n) is 3.64. The van der Waals surface area contributed by atoms with Crippen LogP contribution in [0.1, 0.15) is 81.9 Å². The molecule has 0 spiro atoms. The first-order chi connectivity index (χ1) is 9.65. The topological polar surface area (TPSA) is 28.7 Å². The number of nitrogens with zero attached hydrogens (tertiary/aromatic N) is 1. The van der Waals surface area contributed by atoms with Crippen LogP contribution in [0, 0.1) is 6.92 Å². The molecule has 5 heteroatoms. The smallest absolute Gasteiger partial charge is 0.426 e. The molecular weight excluding hydrogens is 307 g/mol. The second-order valence-electron chi connectivity index (χ2n) is 5.52. The Bertz CT molecular complexity index is 405. The molecule has 0 radical (unpaired) electrons. The van der Waals surface area contributed by atoms with Gasteiger partial charge in [0.05, 0.1) is 5.69 Å². The van der Waals surface area contributed by atoms with E-state index in [1.807, 2.05) is 6.92 Å². The Morgan fingerprint density at radius 2 is 1.57 bits per heavy atom. The molecule has 1 aromatic rings. The van der Waals surface area contributed by atoms with E-state index in [2.05, 4.69) is 16.9 Å². The quantitative estimate of drug-likeness (QED) is 0.290. The van der Waals surface area contributed by atoms with Gasteiger partial charge in [0.2, 0.25) is 0 Å². The van der Waals surface area contributed by atoms with E-state index in [0.717, 1.165) is 23.6 Å². The zero-order chi connectivity index (χ0) is 14.8. The monoisotopic (exact) mass is 334 g/mol. The first kappa shape index (κ1) is 21.5. The van der Waals surface area contributed by atoms with Crippen LogP contribution < -0.4 is 29.6 Å². The van der Waals surface area contributed by atoms with Gasteiger partial charge in [0, 0.05) is 12.1 Å². The molecule has 0 aliphatic heterocycles. The molecule has 114 valence electrons. The Kier molecular flexibility index (Phi) is 13.3. The van der Waals surface area contributed by atoms with Crippen LogP contribution in [0.25, 0.3) is 0 Å². The predicted octanol–water partition coefficient (Wildman–Crippen LogP) is 2.02. The van der Waals surface area contributed by atoms with E-state index in [4.69, 9.17) is 24.8 Å². The maximum atomic E-state index is 5.01. The number of rotatable bonds is 11. The summed E-state index contributed by atoms with van der Waals surface area (Å²) < 4.78 is 0.470. The first-order valence-electron chi connectivity index (χ1n) is 7.92. The van der Waals surface area contributed by atoms with Crippen molar-refractivity contribution in [2.75, 3.05) is 0 Å².